The lowest BCUT2D eigenvalue weighted by Crippen LogP contribution is -2.46. The number of likely N-dealkylation sites (N-methyl/N-ethyl adjacent to an activating group) is 1. The lowest BCUT2D eigenvalue weighted by Gasteiger charge is -2.36. The quantitative estimate of drug-likeness (QED) is 0.327. The number of hydrogen-bond acceptors (Lipinski definition) is 7. The molecule has 0 aliphatic carbocycles. The maximum Gasteiger partial charge on any atom is 0.337 e. The van der Waals surface area contributed by atoms with Gasteiger partial charge in [-0.25, -0.2) is 9.18 Å². The fourth-order valence-corrected chi connectivity index (χ4v) is 8.00. The van der Waals surface area contributed by atoms with Gasteiger partial charge in [-0.15, -0.1) is 0 Å². The normalized spacial score (nSPS) is 21.3. The molecule has 0 spiro atoms. The molecule has 3 aromatic carbocycles. The van der Waals surface area contributed by atoms with Gasteiger partial charge in [0.1, 0.15) is 11.6 Å². The average molecular weight is 684 g/mol. The number of aromatic carboxylic acids is 1. The second-order valence-corrected chi connectivity index (χ2v) is 13.5. The summed E-state index contributed by atoms with van der Waals surface area (Å²) in [6.07, 6.45) is 1.82. The predicted molar refractivity (Wildman–Crippen MR) is 180 cm³/mol. The minimum atomic E-state index is -1.18. The first-order valence-corrected chi connectivity index (χ1v) is 16.9. The predicted octanol–water partition coefficient (Wildman–Crippen LogP) is 6.25. The largest absolute Gasteiger partial charge is 0.478 e. The van der Waals surface area contributed by atoms with Gasteiger partial charge >= 0.3 is 5.97 Å². The SMILES string of the molecule is CCN1CCN(c2cc(Cl)c(C(=O)N3COc4c(cccc4-c4cc(N5CC6CCOCC5C6)c(C(=O)O)cc4F)C3)c(Cl)c2)CC1. The van der Waals surface area contributed by atoms with E-state index in [2.05, 4.69) is 21.6 Å². The van der Waals surface area contributed by atoms with Gasteiger partial charge in [-0.1, -0.05) is 48.3 Å². The zero-order valence-corrected chi connectivity index (χ0v) is 27.7. The Hall–Kier alpha value is -3.57. The molecule has 248 valence electrons. The highest BCUT2D eigenvalue weighted by atomic mass is 35.5. The van der Waals surface area contributed by atoms with Crippen molar-refractivity contribution in [2.24, 2.45) is 5.92 Å². The van der Waals surface area contributed by atoms with Crippen LogP contribution in [0.5, 0.6) is 5.75 Å². The molecule has 4 aliphatic heterocycles. The minimum Gasteiger partial charge on any atom is -0.478 e. The first-order chi connectivity index (χ1) is 22.7. The summed E-state index contributed by atoms with van der Waals surface area (Å²) in [7, 11) is 0. The third kappa shape index (κ3) is 6.12. The third-order valence-corrected chi connectivity index (χ3v) is 10.5. The van der Waals surface area contributed by atoms with Crippen molar-refractivity contribution in [1.29, 1.82) is 0 Å². The van der Waals surface area contributed by atoms with Crippen LogP contribution in [-0.2, 0) is 11.3 Å². The van der Waals surface area contributed by atoms with Crippen LogP contribution in [0, 0.1) is 11.7 Å². The molecule has 0 aromatic heterocycles. The monoisotopic (exact) mass is 682 g/mol. The van der Waals surface area contributed by atoms with E-state index < -0.39 is 11.8 Å². The number of hydrogen-bond donors (Lipinski definition) is 1. The number of carboxylic acids is 1. The van der Waals surface area contributed by atoms with Crippen molar-refractivity contribution in [3.8, 4) is 16.9 Å². The van der Waals surface area contributed by atoms with E-state index in [9.17, 15) is 14.7 Å². The fourth-order valence-electron chi connectivity index (χ4n) is 7.37. The van der Waals surface area contributed by atoms with Gasteiger partial charge in [0.2, 0.25) is 0 Å². The van der Waals surface area contributed by atoms with Gasteiger partial charge in [-0.3, -0.25) is 4.79 Å². The van der Waals surface area contributed by atoms with Gasteiger partial charge in [-0.2, -0.15) is 0 Å². The molecular formula is C35H37Cl2FN4O5. The topological polar surface area (TPSA) is 85.8 Å². The van der Waals surface area contributed by atoms with Crippen LogP contribution in [0.2, 0.25) is 10.0 Å². The Labute approximate surface area is 283 Å². The molecule has 1 N–H and O–H groups in total. The smallest absolute Gasteiger partial charge is 0.337 e. The van der Waals surface area contributed by atoms with Crippen molar-refractivity contribution in [1.82, 2.24) is 9.80 Å². The van der Waals surface area contributed by atoms with Crippen LogP contribution in [-0.4, -0.2) is 92.0 Å². The zero-order valence-electron chi connectivity index (χ0n) is 26.2. The summed E-state index contributed by atoms with van der Waals surface area (Å²) in [6, 6.07) is 11.7. The third-order valence-electron chi connectivity index (χ3n) is 9.93. The highest BCUT2D eigenvalue weighted by Crippen LogP contribution is 2.43. The highest BCUT2D eigenvalue weighted by molar-refractivity contribution is 6.40. The number of carboxylic acid groups (broad SMARTS) is 1. The molecule has 3 fully saturated rings. The first-order valence-electron chi connectivity index (χ1n) is 16.1. The van der Waals surface area contributed by atoms with Crippen LogP contribution in [0.1, 0.15) is 46.0 Å². The molecule has 3 aromatic rings. The molecule has 2 atom stereocenters. The van der Waals surface area contributed by atoms with Crippen molar-refractivity contribution >= 4 is 46.5 Å². The number of carbonyl (C=O) groups excluding carboxylic acids is 1. The Balaban J connectivity index is 1.15. The van der Waals surface area contributed by atoms with Crippen molar-refractivity contribution in [3.63, 3.8) is 0 Å². The molecule has 2 bridgehead atoms. The lowest BCUT2D eigenvalue weighted by molar-refractivity contribution is 0.0516. The number of halogens is 3. The summed E-state index contributed by atoms with van der Waals surface area (Å²) in [5.41, 5.74) is 2.90. The summed E-state index contributed by atoms with van der Waals surface area (Å²) >= 11 is 13.4. The fraction of sp³-hybridized carbons (Fsp3) is 0.429. The Kier molecular flexibility index (Phi) is 8.95. The number of carbonyl (C=O) groups is 2. The van der Waals surface area contributed by atoms with Gasteiger partial charge in [0.15, 0.2) is 6.73 Å². The van der Waals surface area contributed by atoms with E-state index in [0.717, 1.165) is 57.3 Å². The number of para-hydroxylation sites is 1. The van der Waals surface area contributed by atoms with Gasteiger partial charge in [-0.05, 0) is 49.6 Å². The molecule has 0 saturated carbocycles. The molecule has 4 heterocycles. The van der Waals surface area contributed by atoms with Crippen molar-refractivity contribution in [2.75, 3.05) is 69.0 Å². The number of nitrogens with zero attached hydrogens (tertiary/aromatic N) is 4. The maximum absolute atomic E-state index is 15.7. The molecule has 9 nitrogen and oxygen atoms in total. The molecule has 4 aliphatic rings. The standard InChI is InChI=1S/C35H37Cl2FN4O5/c1-2-39-7-9-40(10-8-39)23-13-28(36)32(29(37)14-23)34(43)41-18-22-4-3-5-25(33(22)47-20-41)26-16-31(27(35(44)45)15-30(26)38)42-17-21-6-11-46-19-24(42)12-21/h3-5,13-16,21,24H,2,6-12,17-20H2,1H3,(H,44,45). The molecule has 2 unspecified atom stereocenters. The Morgan fingerprint density at radius 2 is 1.81 bits per heavy atom. The van der Waals surface area contributed by atoms with Crippen molar-refractivity contribution < 1.29 is 28.6 Å². The lowest BCUT2D eigenvalue weighted by atomic mass is 9.97. The number of ether oxygens (including phenoxy) is 2. The summed E-state index contributed by atoms with van der Waals surface area (Å²) < 4.78 is 27.7. The van der Waals surface area contributed by atoms with E-state index in [1.807, 2.05) is 6.07 Å². The van der Waals surface area contributed by atoms with E-state index in [4.69, 9.17) is 32.7 Å². The van der Waals surface area contributed by atoms with Crippen LogP contribution >= 0.6 is 23.2 Å². The van der Waals surface area contributed by atoms with E-state index in [0.29, 0.717) is 48.2 Å². The number of fused-ring (bicyclic) bond motifs is 3. The number of benzene rings is 3. The van der Waals surface area contributed by atoms with E-state index in [-0.39, 0.29) is 52.0 Å². The van der Waals surface area contributed by atoms with Gasteiger partial charge in [0, 0.05) is 61.7 Å². The first kappa shape index (κ1) is 32.0. The minimum absolute atomic E-state index is 0.0263. The van der Waals surface area contributed by atoms with Crippen molar-refractivity contribution in [2.45, 2.75) is 32.4 Å². The van der Waals surface area contributed by atoms with E-state index in [1.54, 1.807) is 30.3 Å². The van der Waals surface area contributed by atoms with Crippen LogP contribution in [0.15, 0.2) is 42.5 Å². The van der Waals surface area contributed by atoms with Crippen LogP contribution in [0.4, 0.5) is 15.8 Å². The van der Waals surface area contributed by atoms with Gasteiger partial charge < -0.3 is 34.2 Å². The van der Waals surface area contributed by atoms with Crippen LogP contribution in [0.3, 0.4) is 0 Å². The number of amides is 1. The second-order valence-electron chi connectivity index (χ2n) is 12.7. The highest BCUT2D eigenvalue weighted by Gasteiger charge is 2.37. The molecule has 7 rings (SSSR count). The van der Waals surface area contributed by atoms with E-state index in [1.165, 1.54) is 4.90 Å². The van der Waals surface area contributed by atoms with Crippen molar-refractivity contribution in [3.05, 3.63) is 75.0 Å². The van der Waals surface area contributed by atoms with E-state index >= 15 is 4.39 Å². The molecule has 12 heteroatoms. The Morgan fingerprint density at radius 1 is 1.04 bits per heavy atom. The second kappa shape index (κ2) is 13.1. The zero-order chi connectivity index (χ0) is 32.8. The summed E-state index contributed by atoms with van der Waals surface area (Å²) in [5, 5.41) is 10.6. The Bertz CT molecular complexity index is 1690. The van der Waals surface area contributed by atoms with Crippen LogP contribution in [0.25, 0.3) is 11.1 Å². The molecule has 0 radical (unpaired) electrons. The van der Waals surface area contributed by atoms with Gasteiger partial charge in [0.25, 0.3) is 5.91 Å². The maximum atomic E-state index is 15.7. The number of anilines is 2. The number of piperazine rings is 1. The summed E-state index contributed by atoms with van der Waals surface area (Å²) in [4.78, 5) is 34.2. The summed E-state index contributed by atoms with van der Waals surface area (Å²) in [6.45, 7) is 8.75. The molecule has 3 saturated heterocycles. The average Bonchev–Trinajstić information content (AvgIpc) is 3.32. The van der Waals surface area contributed by atoms with Gasteiger partial charge in [0.05, 0.1) is 46.1 Å². The molecule has 1 amide bonds. The Morgan fingerprint density at radius 3 is 2.53 bits per heavy atom. The molecule has 47 heavy (non-hydrogen) atoms. The molecular weight excluding hydrogens is 646 g/mol. The summed E-state index contributed by atoms with van der Waals surface area (Å²) in [5.74, 6) is -1.37. The van der Waals surface area contributed by atoms with Crippen LogP contribution < -0.4 is 14.5 Å². The number of rotatable bonds is 6.